The normalized spacial score (nSPS) is 28.9. The minimum atomic E-state index is -0.745. The van der Waals surface area contributed by atoms with Crippen molar-refractivity contribution in [2.45, 2.75) is 24.8 Å². The molecule has 4 heterocycles. The van der Waals surface area contributed by atoms with Crippen LogP contribution in [0.2, 0.25) is 0 Å². The second-order valence-corrected chi connectivity index (χ2v) is 8.25. The Morgan fingerprint density at radius 1 is 1.37 bits per heavy atom. The molecule has 3 aliphatic heterocycles. The first kappa shape index (κ1) is 19.0. The van der Waals surface area contributed by atoms with E-state index < -0.39 is 17.4 Å². The van der Waals surface area contributed by atoms with E-state index in [2.05, 4.69) is 5.10 Å². The quantitative estimate of drug-likeness (QED) is 0.677. The van der Waals surface area contributed by atoms with Crippen LogP contribution in [0, 0.1) is 17.7 Å². The molecule has 30 heavy (non-hydrogen) atoms. The molecule has 7 nitrogen and oxygen atoms in total. The number of likely N-dealkylation sites (N-methyl/N-ethyl adjacent to an activating group) is 1. The SMILES string of the molecule is CN(CCn1cccn1)C(=O)C1C2C(=O)N(Cc3ccc(F)cc3)C[C@@]23C=C[C@@H]1O3. The summed E-state index contributed by atoms with van der Waals surface area (Å²) < 4.78 is 21.1. The number of rotatable bonds is 6. The van der Waals surface area contributed by atoms with Crippen molar-refractivity contribution in [1.82, 2.24) is 19.6 Å². The van der Waals surface area contributed by atoms with Crippen LogP contribution < -0.4 is 0 Å². The smallest absolute Gasteiger partial charge is 0.230 e. The van der Waals surface area contributed by atoms with E-state index in [0.29, 0.717) is 26.2 Å². The van der Waals surface area contributed by atoms with Crippen LogP contribution in [-0.2, 0) is 27.4 Å². The zero-order valence-electron chi connectivity index (χ0n) is 16.6. The maximum absolute atomic E-state index is 13.3. The van der Waals surface area contributed by atoms with E-state index in [1.165, 1.54) is 12.1 Å². The number of benzene rings is 1. The third-order valence-electron chi connectivity index (χ3n) is 6.35. The van der Waals surface area contributed by atoms with Gasteiger partial charge in [0.05, 0.1) is 31.0 Å². The lowest BCUT2D eigenvalue weighted by molar-refractivity contribution is -0.142. The molecular formula is C22H23FN4O3. The van der Waals surface area contributed by atoms with Crippen molar-refractivity contribution in [2.75, 3.05) is 20.1 Å². The molecular weight excluding hydrogens is 387 g/mol. The van der Waals surface area contributed by atoms with Gasteiger partial charge in [-0.1, -0.05) is 24.3 Å². The summed E-state index contributed by atoms with van der Waals surface area (Å²) in [5, 5.41) is 4.16. The molecule has 2 fully saturated rings. The molecule has 2 bridgehead atoms. The van der Waals surface area contributed by atoms with E-state index in [1.807, 2.05) is 24.4 Å². The number of likely N-dealkylation sites (tertiary alicyclic amines) is 1. The molecule has 0 radical (unpaired) electrons. The van der Waals surface area contributed by atoms with Crippen LogP contribution in [0.3, 0.4) is 0 Å². The summed E-state index contributed by atoms with van der Waals surface area (Å²) in [6, 6.07) is 7.96. The summed E-state index contributed by atoms with van der Waals surface area (Å²) in [7, 11) is 1.75. The number of nitrogens with zero attached hydrogens (tertiary/aromatic N) is 4. The topological polar surface area (TPSA) is 67.7 Å². The predicted molar refractivity (Wildman–Crippen MR) is 105 cm³/mol. The minimum absolute atomic E-state index is 0.0787. The van der Waals surface area contributed by atoms with E-state index >= 15 is 0 Å². The predicted octanol–water partition coefficient (Wildman–Crippen LogP) is 1.46. The fraction of sp³-hybridized carbons (Fsp3) is 0.409. The molecule has 1 aromatic carbocycles. The first-order chi connectivity index (χ1) is 14.5. The summed E-state index contributed by atoms with van der Waals surface area (Å²) in [5.74, 6) is -1.52. The first-order valence-corrected chi connectivity index (χ1v) is 10.1. The Balaban J connectivity index is 1.31. The molecule has 3 aliphatic rings. The Morgan fingerprint density at radius 3 is 2.90 bits per heavy atom. The monoisotopic (exact) mass is 410 g/mol. The molecule has 0 aliphatic carbocycles. The number of aromatic nitrogens is 2. The Kier molecular flexibility index (Phi) is 4.47. The number of hydrogen-bond acceptors (Lipinski definition) is 4. The van der Waals surface area contributed by atoms with Crippen LogP contribution >= 0.6 is 0 Å². The van der Waals surface area contributed by atoms with Gasteiger partial charge < -0.3 is 14.5 Å². The van der Waals surface area contributed by atoms with Crippen molar-refractivity contribution >= 4 is 11.8 Å². The average molecular weight is 410 g/mol. The zero-order chi connectivity index (χ0) is 20.9. The van der Waals surface area contributed by atoms with Crippen LogP contribution in [0.25, 0.3) is 0 Å². The van der Waals surface area contributed by atoms with Crippen molar-refractivity contribution in [3.63, 3.8) is 0 Å². The Labute approximate surface area is 173 Å². The minimum Gasteiger partial charge on any atom is -0.360 e. The third-order valence-corrected chi connectivity index (χ3v) is 6.35. The van der Waals surface area contributed by atoms with Crippen molar-refractivity contribution < 1.29 is 18.7 Å². The van der Waals surface area contributed by atoms with Gasteiger partial charge in [0.15, 0.2) is 0 Å². The molecule has 2 aromatic rings. The van der Waals surface area contributed by atoms with E-state index in [0.717, 1.165) is 5.56 Å². The van der Waals surface area contributed by atoms with Crippen LogP contribution in [0.4, 0.5) is 4.39 Å². The number of amides is 2. The average Bonchev–Trinajstić information content (AvgIpc) is 3.50. The molecule has 1 spiro atoms. The van der Waals surface area contributed by atoms with E-state index in [4.69, 9.17) is 4.74 Å². The Morgan fingerprint density at radius 2 is 2.17 bits per heavy atom. The molecule has 1 aromatic heterocycles. The standard InChI is InChI=1S/C22H23FN4O3/c1-25(11-12-27-10-2-9-24-27)20(28)18-17-7-8-22(30-17)14-26(21(29)19(18)22)13-15-3-5-16(23)6-4-15/h2-10,17-19H,11-14H2,1H3/t17-,18?,19?,22-/m0/s1. The van der Waals surface area contributed by atoms with Crippen LogP contribution in [-0.4, -0.2) is 63.2 Å². The van der Waals surface area contributed by atoms with Gasteiger partial charge >= 0.3 is 0 Å². The molecule has 156 valence electrons. The van der Waals surface area contributed by atoms with Gasteiger partial charge in [0.2, 0.25) is 11.8 Å². The Bertz CT molecular complexity index is 990. The van der Waals surface area contributed by atoms with E-state index in [9.17, 15) is 14.0 Å². The summed E-state index contributed by atoms with van der Waals surface area (Å²) in [4.78, 5) is 29.9. The van der Waals surface area contributed by atoms with Gasteiger partial charge in [0, 0.05) is 32.5 Å². The van der Waals surface area contributed by atoms with Gasteiger partial charge in [0.1, 0.15) is 11.4 Å². The van der Waals surface area contributed by atoms with Gasteiger partial charge in [-0.05, 0) is 23.8 Å². The fourth-order valence-electron chi connectivity index (χ4n) is 4.85. The summed E-state index contributed by atoms with van der Waals surface area (Å²) in [5.41, 5.74) is 0.101. The van der Waals surface area contributed by atoms with Gasteiger partial charge in [-0.3, -0.25) is 14.3 Å². The molecule has 4 atom stereocenters. The highest BCUT2D eigenvalue weighted by atomic mass is 19.1. The van der Waals surface area contributed by atoms with Crippen molar-refractivity contribution in [2.24, 2.45) is 11.8 Å². The second-order valence-electron chi connectivity index (χ2n) is 8.25. The lowest BCUT2D eigenvalue weighted by Crippen LogP contribution is -2.45. The first-order valence-electron chi connectivity index (χ1n) is 10.1. The van der Waals surface area contributed by atoms with Crippen LogP contribution in [0.5, 0.6) is 0 Å². The number of fused-ring (bicyclic) bond motifs is 1. The maximum atomic E-state index is 13.3. The van der Waals surface area contributed by atoms with Gasteiger partial charge in [-0.15, -0.1) is 0 Å². The zero-order valence-corrected chi connectivity index (χ0v) is 16.6. The largest absolute Gasteiger partial charge is 0.360 e. The number of carbonyl (C=O) groups excluding carboxylic acids is 2. The van der Waals surface area contributed by atoms with Crippen LogP contribution in [0.15, 0.2) is 54.9 Å². The summed E-state index contributed by atoms with van der Waals surface area (Å²) >= 11 is 0. The van der Waals surface area contributed by atoms with Crippen molar-refractivity contribution in [3.8, 4) is 0 Å². The van der Waals surface area contributed by atoms with E-state index in [1.54, 1.807) is 39.9 Å². The van der Waals surface area contributed by atoms with Crippen LogP contribution in [0.1, 0.15) is 5.56 Å². The molecule has 2 saturated heterocycles. The van der Waals surface area contributed by atoms with Gasteiger partial charge in [-0.25, -0.2) is 4.39 Å². The molecule has 0 N–H and O–H groups in total. The lowest BCUT2D eigenvalue weighted by Gasteiger charge is -2.27. The lowest BCUT2D eigenvalue weighted by atomic mass is 9.76. The van der Waals surface area contributed by atoms with Crippen molar-refractivity contribution in [3.05, 3.63) is 66.3 Å². The third kappa shape index (κ3) is 3.02. The summed E-state index contributed by atoms with van der Waals surface area (Å²) in [6.45, 7) is 1.86. The van der Waals surface area contributed by atoms with Gasteiger partial charge in [0.25, 0.3) is 0 Å². The Hall–Kier alpha value is -3.00. The highest BCUT2D eigenvalue weighted by Gasteiger charge is 2.67. The number of carbonyl (C=O) groups is 2. The van der Waals surface area contributed by atoms with Gasteiger partial charge in [-0.2, -0.15) is 5.10 Å². The number of hydrogen-bond donors (Lipinski definition) is 0. The summed E-state index contributed by atoms with van der Waals surface area (Å²) in [6.07, 6.45) is 7.04. The molecule has 2 amide bonds. The number of halogens is 1. The second kappa shape index (κ2) is 7.05. The fourth-order valence-corrected chi connectivity index (χ4v) is 4.85. The van der Waals surface area contributed by atoms with Crippen molar-refractivity contribution in [1.29, 1.82) is 0 Å². The van der Waals surface area contributed by atoms with E-state index in [-0.39, 0.29) is 23.7 Å². The maximum Gasteiger partial charge on any atom is 0.230 e. The highest BCUT2D eigenvalue weighted by Crippen LogP contribution is 2.52. The molecule has 0 saturated carbocycles. The number of ether oxygens (including phenoxy) is 1. The highest BCUT2D eigenvalue weighted by molar-refractivity contribution is 5.93. The molecule has 5 rings (SSSR count). The molecule has 2 unspecified atom stereocenters. The molecule has 8 heteroatoms.